The van der Waals surface area contributed by atoms with Crippen molar-refractivity contribution in [2.75, 3.05) is 0 Å². The summed E-state index contributed by atoms with van der Waals surface area (Å²) in [4.78, 5) is 23.4. The van der Waals surface area contributed by atoms with Crippen molar-refractivity contribution < 1.29 is 42.3 Å². The first-order valence-corrected chi connectivity index (χ1v) is 3.50. The molecule has 0 N–H and O–H groups in total. The van der Waals surface area contributed by atoms with Gasteiger partial charge >= 0.3 is 0 Å². The Balaban J connectivity index is 0.000000845. The van der Waals surface area contributed by atoms with Crippen molar-refractivity contribution in [2.45, 2.75) is 0 Å². The van der Waals surface area contributed by atoms with Gasteiger partial charge in [-0.2, -0.15) is 0 Å². The minimum absolute atomic E-state index is 0. The first-order chi connectivity index (χ1) is 5.72. The second-order valence-electron chi connectivity index (χ2n) is 2.58. The minimum Gasteiger partial charge on any atom is -0.430 e. The van der Waals surface area contributed by atoms with Gasteiger partial charge in [0.05, 0.1) is 0 Å². The Kier molecular flexibility index (Phi) is 4.62. The van der Waals surface area contributed by atoms with E-state index in [1.807, 2.05) is 0 Å². The van der Waals surface area contributed by atoms with Gasteiger partial charge in [-0.05, 0) is 12.1 Å². The first kappa shape index (κ1) is 13.5. The van der Waals surface area contributed by atoms with Crippen LogP contribution in [0.4, 0.5) is 0 Å². The Morgan fingerprint density at radius 2 is 1.36 bits per heavy atom. The van der Waals surface area contributed by atoms with Crippen molar-refractivity contribution in [2.24, 2.45) is 0 Å². The summed E-state index contributed by atoms with van der Waals surface area (Å²) in [5.74, 6) is -0.647. The fourth-order valence-electron chi connectivity index (χ4n) is 1.24. The second kappa shape index (κ2) is 4.80. The third-order valence-corrected chi connectivity index (χ3v) is 1.88. The van der Waals surface area contributed by atoms with Crippen LogP contribution in [0.15, 0.2) is 24.3 Å². The van der Waals surface area contributed by atoms with E-state index in [0.717, 1.165) is 4.90 Å². The Hall–Kier alpha value is -0.536. The molecule has 1 aromatic carbocycles. The zero-order chi connectivity index (χ0) is 8.72. The molecule has 2 rings (SSSR count). The number of benzene rings is 1. The number of carbonyl (C=O) groups is 2. The molecule has 0 aromatic heterocycles. The summed E-state index contributed by atoms with van der Waals surface area (Å²) in [7, 11) is 3.35. The van der Waals surface area contributed by atoms with Gasteiger partial charge in [-0.1, -0.05) is 12.1 Å². The molecule has 0 aliphatic carbocycles. The monoisotopic (exact) mass is 264 g/mol. The normalized spacial score (nSPS) is 13.1. The Morgan fingerprint density at radius 1 is 1.00 bits per heavy atom. The number of rotatable bonds is 0. The van der Waals surface area contributed by atoms with Crippen molar-refractivity contribution >= 4 is 11.8 Å². The van der Waals surface area contributed by atoms with Crippen LogP contribution >= 0.6 is 0 Å². The van der Waals surface area contributed by atoms with Gasteiger partial charge in [-0.15, -0.1) is 0 Å². The Morgan fingerprint density at radius 3 is 1.71 bits per heavy atom. The molecule has 0 bridgehead atoms. The molecular weight excluding hydrogens is 255 g/mol. The van der Waals surface area contributed by atoms with Crippen LogP contribution in [0.1, 0.15) is 20.7 Å². The Bertz CT molecular complexity index is 341. The molecule has 0 saturated carbocycles. The summed E-state index contributed by atoms with van der Waals surface area (Å²) in [5, 5.41) is 0. The van der Waals surface area contributed by atoms with Gasteiger partial charge in [0.25, 0.3) is 0 Å². The van der Waals surface area contributed by atoms with E-state index in [1.54, 1.807) is 24.3 Å². The van der Waals surface area contributed by atoms with Crippen LogP contribution in [0.25, 0.3) is 0 Å². The number of hydrogen-bond donors (Lipinski definition) is 0. The zero-order valence-corrected chi connectivity index (χ0v) is 10.7. The van der Waals surface area contributed by atoms with Gasteiger partial charge in [0, 0.05) is 43.8 Å². The van der Waals surface area contributed by atoms with Gasteiger partial charge in [0.1, 0.15) is 0 Å². The maximum Gasteiger partial charge on any atom is 0.231 e. The molecule has 0 spiro atoms. The molecule has 1 radical (unpaired) electrons. The molecule has 71 valence electrons. The Labute approximate surface area is 108 Å². The SMILES string of the molecule is [CH2-]N1C(=O)c2ccccc2C1=O.[CH3-].[Y]. The van der Waals surface area contributed by atoms with Gasteiger partial charge in [0.15, 0.2) is 0 Å². The number of imide groups is 1. The van der Waals surface area contributed by atoms with Crippen molar-refractivity contribution in [3.8, 4) is 0 Å². The van der Waals surface area contributed by atoms with Crippen LogP contribution in [-0.2, 0) is 32.7 Å². The fraction of sp³-hybridized carbons (Fsp3) is 0. The number of nitrogens with zero attached hydrogens (tertiary/aromatic N) is 1. The maximum absolute atomic E-state index is 11.2. The molecule has 3 nitrogen and oxygen atoms in total. The van der Waals surface area contributed by atoms with E-state index < -0.39 is 0 Å². The number of fused-ring (bicyclic) bond motifs is 1. The van der Waals surface area contributed by atoms with Crippen LogP contribution in [0.2, 0.25) is 0 Å². The molecule has 1 aliphatic heterocycles. The predicted octanol–water partition coefficient (Wildman–Crippen LogP) is 1.52. The maximum atomic E-state index is 11.2. The van der Waals surface area contributed by atoms with Crippen LogP contribution in [0.5, 0.6) is 0 Å². The van der Waals surface area contributed by atoms with Crippen molar-refractivity contribution in [3.05, 3.63) is 49.9 Å². The number of amides is 2. The van der Waals surface area contributed by atoms with Crippen LogP contribution in [0, 0.1) is 14.5 Å². The topological polar surface area (TPSA) is 37.4 Å². The third kappa shape index (κ3) is 1.79. The van der Waals surface area contributed by atoms with E-state index in [4.69, 9.17) is 0 Å². The van der Waals surface area contributed by atoms with Gasteiger partial charge < -0.3 is 12.3 Å². The zero-order valence-electron chi connectivity index (χ0n) is 7.86. The summed E-state index contributed by atoms with van der Waals surface area (Å²) in [5.41, 5.74) is 0.884. The van der Waals surface area contributed by atoms with Crippen molar-refractivity contribution in [1.29, 1.82) is 0 Å². The number of hydrogen-bond acceptors (Lipinski definition) is 2. The van der Waals surface area contributed by atoms with Crippen molar-refractivity contribution in [1.82, 2.24) is 4.90 Å². The van der Waals surface area contributed by atoms with Crippen molar-refractivity contribution in [3.63, 3.8) is 0 Å². The van der Waals surface area contributed by atoms with Gasteiger partial charge in [0.2, 0.25) is 11.8 Å². The average molecular weight is 264 g/mol. The fourth-order valence-corrected chi connectivity index (χ4v) is 1.24. The standard InChI is InChI=1S/C9H6NO2.CH3.Y/c1-10-8(11)6-4-2-3-5-7(6)9(10)12;;/h2-5H,1H2;1H3;/q2*-1;. The van der Waals surface area contributed by atoms with Gasteiger partial charge in [-0.3, -0.25) is 9.59 Å². The molecule has 0 unspecified atom stereocenters. The quantitative estimate of drug-likeness (QED) is 0.526. The molecule has 1 aromatic rings. The summed E-state index contributed by atoms with van der Waals surface area (Å²) in [6.45, 7) is 0. The van der Waals surface area contributed by atoms with Crippen LogP contribution < -0.4 is 0 Å². The molecule has 14 heavy (non-hydrogen) atoms. The second-order valence-corrected chi connectivity index (χ2v) is 2.58. The molecule has 0 fully saturated rings. The average Bonchev–Trinajstić information content (AvgIpc) is 2.33. The van der Waals surface area contributed by atoms with Crippen LogP contribution in [0.3, 0.4) is 0 Å². The molecule has 1 heterocycles. The largest absolute Gasteiger partial charge is 0.430 e. The molecule has 4 heteroatoms. The van der Waals surface area contributed by atoms with E-state index >= 15 is 0 Å². The molecule has 1 aliphatic rings. The molecule has 0 saturated heterocycles. The predicted molar refractivity (Wildman–Crippen MR) is 48.7 cm³/mol. The summed E-state index contributed by atoms with van der Waals surface area (Å²) in [6.07, 6.45) is 0. The molecule has 2 amide bonds. The summed E-state index contributed by atoms with van der Waals surface area (Å²) in [6, 6.07) is 6.70. The molecular formula is C10H9NO2Y-2. The van der Waals surface area contributed by atoms with E-state index in [9.17, 15) is 9.59 Å². The van der Waals surface area contributed by atoms with E-state index in [0.29, 0.717) is 11.1 Å². The smallest absolute Gasteiger partial charge is 0.231 e. The first-order valence-electron chi connectivity index (χ1n) is 3.50. The van der Waals surface area contributed by atoms with Crippen LogP contribution in [-0.4, -0.2) is 16.7 Å². The number of carbonyl (C=O) groups excluding carboxylic acids is 2. The minimum atomic E-state index is -0.324. The van der Waals surface area contributed by atoms with Gasteiger partial charge in [-0.25, -0.2) is 7.05 Å². The van der Waals surface area contributed by atoms with E-state index in [-0.39, 0.29) is 52.0 Å². The van der Waals surface area contributed by atoms with E-state index in [1.165, 1.54) is 0 Å². The summed E-state index contributed by atoms with van der Waals surface area (Å²) < 4.78 is 0. The third-order valence-electron chi connectivity index (χ3n) is 1.88. The van der Waals surface area contributed by atoms with E-state index in [2.05, 4.69) is 7.05 Å². The summed E-state index contributed by atoms with van der Waals surface area (Å²) >= 11 is 0. The molecule has 0 atom stereocenters.